The number of carbonyl (C=O) groups is 2. The Balaban J connectivity index is 1.97. The fourth-order valence-corrected chi connectivity index (χ4v) is 2.51. The van der Waals surface area contributed by atoms with Crippen LogP contribution in [0.15, 0.2) is 61.2 Å². The number of anilines is 1. The van der Waals surface area contributed by atoms with Crippen molar-refractivity contribution in [3.05, 3.63) is 77.3 Å². The maximum Gasteiger partial charge on any atom is 0.253 e. The number of para-hydroxylation sites is 1. The van der Waals surface area contributed by atoms with Crippen molar-refractivity contribution >= 4 is 46.4 Å². The highest BCUT2D eigenvalue weighted by molar-refractivity contribution is 7.80. The molecule has 3 N–H and O–H groups in total. The van der Waals surface area contributed by atoms with Crippen molar-refractivity contribution in [3.8, 4) is 0 Å². The van der Waals surface area contributed by atoms with Crippen molar-refractivity contribution in [1.29, 1.82) is 0 Å². The van der Waals surface area contributed by atoms with Crippen molar-refractivity contribution in [1.82, 2.24) is 10.6 Å². The summed E-state index contributed by atoms with van der Waals surface area (Å²) in [4.78, 5) is 24.3. The van der Waals surface area contributed by atoms with Crippen LogP contribution in [0.1, 0.15) is 15.9 Å². The van der Waals surface area contributed by atoms with E-state index in [4.69, 9.17) is 23.8 Å². The minimum absolute atomic E-state index is 0.118. The summed E-state index contributed by atoms with van der Waals surface area (Å²) in [5.74, 6) is -0.526. The Hall–Kier alpha value is -2.70. The normalized spacial score (nSPS) is 9.88. The van der Waals surface area contributed by atoms with E-state index >= 15 is 0 Å². The Bertz CT molecular complexity index is 822. The van der Waals surface area contributed by atoms with Gasteiger partial charge in [-0.1, -0.05) is 41.9 Å². The van der Waals surface area contributed by atoms with Crippen molar-refractivity contribution in [2.75, 3.05) is 11.9 Å². The van der Waals surface area contributed by atoms with Gasteiger partial charge in [0, 0.05) is 11.6 Å². The standard InChI is InChI=1S/C19H18ClN3O2S/c1-2-11-21-18(25)15-5-3-4-6-16(15)22-19(26)23-17(24)12-13-7-9-14(20)10-8-13/h2-10H,1,11-12H2,(H,21,25)(H2,22,23,24,26). The summed E-state index contributed by atoms with van der Waals surface area (Å²) in [6.07, 6.45) is 1.76. The number of nitrogens with one attached hydrogen (secondary N) is 3. The highest BCUT2D eigenvalue weighted by Crippen LogP contribution is 2.15. The fourth-order valence-electron chi connectivity index (χ4n) is 2.16. The summed E-state index contributed by atoms with van der Waals surface area (Å²) in [6, 6.07) is 13.9. The molecule has 0 aromatic heterocycles. The molecule has 26 heavy (non-hydrogen) atoms. The van der Waals surface area contributed by atoms with E-state index in [-0.39, 0.29) is 23.3 Å². The zero-order chi connectivity index (χ0) is 18.9. The van der Waals surface area contributed by atoms with Crippen molar-refractivity contribution in [2.45, 2.75) is 6.42 Å². The van der Waals surface area contributed by atoms with Crippen LogP contribution in [0.3, 0.4) is 0 Å². The SMILES string of the molecule is C=CCNC(=O)c1ccccc1NC(=S)NC(=O)Cc1ccc(Cl)cc1. The van der Waals surface area contributed by atoms with Crippen LogP contribution in [-0.4, -0.2) is 23.5 Å². The van der Waals surface area contributed by atoms with Crippen LogP contribution in [0, 0.1) is 0 Å². The lowest BCUT2D eigenvalue weighted by Gasteiger charge is -2.13. The fraction of sp³-hybridized carbons (Fsp3) is 0.105. The molecule has 2 rings (SSSR count). The number of benzene rings is 2. The molecule has 0 aliphatic carbocycles. The maximum atomic E-state index is 12.2. The van der Waals surface area contributed by atoms with E-state index in [1.807, 2.05) is 0 Å². The summed E-state index contributed by atoms with van der Waals surface area (Å²) in [6.45, 7) is 3.92. The summed E-state index contributed by atoms with van der Waals surface area (Å²) in [5.41, 5.74) is 1.74. The Kier molecular flexibility index (Phi) is 7.32. The molecule has 0 radical (unpaired) electrons. The molecule has 0 heterocycles. The molecule has 0 atom stereocenters. The molecule has 2 amide bonds. The lowest BCUT2D eigenvalue weighted by Crippen LogP contribution is -2.36. The average Bonchev–Trinajstić information content (AvgIpc) is 2.62. The van der Waals surface area contributed by atoms with E-state index in [1.165, 1.54) is 0 Å². The second-order valence-corrected chi connectivity index (χ2v) is 6.19. The van der Waals surface area contributed by atoms with Crippen LogP contribution >= 0.6 is 23.8 Å². The van der Waals surface area contributed by atoms with Crippen LogP contribution in [-0.2, 0) is 11.2 Å². The van der Waals surface area contributed by atoms with E-state index in [1.54, 1.807) is 54.6 Å². The first-order chi connectivity index (χ1) is 12.5. The molecule has 0 spiro atoms. The van der Waals surface area contributed by atoms with Gasteiger partial charge in [0.2, 0.25) is 5.91 Å². The number of thiocarbonyl (C=S) groups is 1. The largest absolute Gasteiger partial charge is 0.349 e. The van der Waals surface area contributed by atoms with Gasteiger partial charge in [0.05, 0.1) is 17.7 Å². The predicted molar refractivity (Wildman–Crippen MR) is 108 cm³/mol. The number of halogens is 1. The van der Waals surface area contributed by atoms with Crippen LogP contribution < -0.4 is 16.0 Å². The van der Waals surface area contributed by atoms with E-state index < -0.39 is 0 Å². The average molecular weight is 388 g/mol. The third-order valence-corrected chi connectivity index (χ3v) is 3.81. The number of carbonyl (C=O) groups excluding carboxylic acids is 2. The third-order valence-electron chi connectivity index (χ3n) is 3.36. The monoisotopic (exact) mass is 387 g/mol. The molecular weight excluding hydrogens is 370 g/mol. The topological polar surface area (TPSA) is 70.2 Å². The molecule has 0 saturated carbocycles. The van der Waals surface area contributed by atoms with E-state index in [0.717, 1.165) is 5.56 Å². The first-order valence-electron chi connectivity index (χ1n) is 7.83. The highest BCUT2D eigenvalue weighted by atomic mass is 35.5. The smallest absolute Gasteiger partial charge is 0.253 e. The number of amides is 2. The molecule has 2 aromatic rings. The van der Waals surface area contributed by atoms with Crippen LogP contribution in [0.4, 0.5) is 5.69 Å². The van der Waals surface area contributed by atoms with Crippen LogP contribution in [0.5, 0.6) is 0 Å². The maximum absolute atomic E-state index is 12.2. The molecule has 0 unspecified atom stereocenters. The van der Waals surface area contributed by atoms with Gasteiger partial charge in [-0.25, -0.2) is 0 Å². The van der Waals surface area contributed by atoms with Crippen molar-refractivity contribution < 1.29 is 9.59 Å². The number of hydrogen-bond acceptors (Lipinski definition) is 3. The third kappa shape index (κ3) is 5.98. The molecule has 0 aliphatic rings. The summed E-state index contributed by atoms with van der Waals surface area (Å²) in [7, 11) is 0. The molecule has 0 bridgehead atoms. The molecule has 0 aliphatic heterocycles. The van der Waals surface area contributed by atoms with Gasteiger partial charge in [0.1, 0.15) is 0 Å². The Morgan fingerprint density at radius 2 is 1.81 bits per heavy atom. The summed E-state index contributed by atoms with van der Waals surface area (Å²) >= 11 is 11.0. The Labute approximate surface area is 162 Å². The molecular formula is C19H18ClN3O2S. The second-order valence-electron chi connectivity index (χ2n) is 5.35. The van der Waals surface area contributed by atoms with Gasteiger partial charge in [-0.05, 0) is 42.0 Å². The zero-order valence-corrected chi connectivity index (χ0v) is 15.5. The second kappa shape index (κ2) is 9.70. The van der Waals surface area contributed by atoms with Crippen molar-refractivity contribution in [2.24, 2.45) is 0 Å². The van der Waals surface area contributed by atoms with Gasteiger partial charge < -0.3 is 16.0 Å². The summed E-state index contributed by atoms with van der Waals surface area (Å²) in [5, 5.41) is 8.92. The van der Waals surface area contributed by atoms with Gasteiger partial charge >= 0.3 is 0 Å². The molecule has 7 heteroatoms. The van der Waals surface area contributed by atoms with Crippen LogP contribution in [0.25, 0.3) is 0 Å². The molecule has 0 fully saturated rings. The quantitative estimate of drug-likeness (QED) is 0.525. The minimum Gasteiger partial charge on any atom is -0.349 e. The Morgan fingerprint density at radius 3 is 2.50 bits per heavy atom. The first-order valence-corrected chi connectivity index (χ1v) is 8.61. The number of rotatable bonds is 6. The first kappa shape index (κ1) is 19.6. The molecule has 5 nitrogen and oxygen atoms in total. The molecule has 2 aromatic carbocycles. The van der Waals surface area contributed by atoms with Gasteiger partial charge in [-0.15, -0.1) is 6.58 Å². The highest BCUT2D eigenvalue weighted by Gasteiger charge is 2.12. The van der Waals surface area contributed by atoms with Crippen LogP contribution in [0.2, 0.25) is 5.02 Å². The van der Waals surface area contributed by atoms with E-state index in [0.29, 0.717) is 22.8 Å². The van der Waals surface area contributed by atoms with E-state index in [9.17, 15) is 9.59 Å². The molecule has 0 saturated heterocycles. The van der Waals surface area contributed by atoms with Gasteiger partial charge in [0.15, 0.2) is 5.11 Å². The minimum atomic E-state index is -0.265. The lowest BCUT2D eigenvalue weighted by molar-refractivity contribution is -0.119. The summed E-state index contributed by atoms with van der Waals surface area (Å²) < 4.78 is 0. The van der Waals surface area contributed by atoms with Gasteiger partial charge in [-0.3, -0.25) is 9.59 Å². The van der Waals surface area contributed by atoms with Gasteiger partial charge in [-0.2, -0.15) is 0 Å². The Morgan fingerprint density at radius 1 is 1.12 bits per heavy atom. The van der Waals surface area contributed by atoms with Gasteiger partial charge in [0.25, 0.3) is 5.91 Å². The lowest BCUT2D eigenvalue weighted by atomic mass is 10.1. The number of hydrogen-bond donors (Lipinski definition) is 3. The molecule has 134 valence electrons. The zero-order valence-electron chi connectivity index (χ0n) is 13.9. The van der Waals surface area contributed by atoms with E-state index in [2.05, 4.69) is 22.5 Å². The predicted octanol–water partition coefficient (Wildman–Crippen LogP) is 3.31. The van der Waals surface area contributed by atoms with Crippen molar-refractivity contribution in [3.63, 3.8) is 0 Å².